The zero-order valence-electron chi connectivity index (χ0n) is 10.9. The van der Waals surface area contributed by atoms with Gasteiger partial charge in [-0.05, 0) is 32.6 Å². The molecule has 1 aliphatic heterocycles. The molecule has 0 radical (unpaired) electrons. The Bertz CT molecular complexity index is 324. The smallest absolute Gasteiger partial charge is 0.308 e. The van der Waals surface area contributed by atoms with Gasteiger partial charge in [0.15, 0.2) is 0 Å². The first-order valence-corrected chi connectivity index (χ1v) is 6.83. The quantitative estimate of drug-likeness (QED) is 0.751. The van der Waals surface area contributed by atoms with E-state index in [4.69, 9.17) is 10.5 Å². The predicted molar refractivity (Wildman–Crippen MR) is 66.7 cm³/mol. The Morgan fingerprint density at radius 1 is 1.39 bits per heavy atom. The van der Waals surface area contributed by atoms with Crippen LogP contribution in [0.5, 0.6) is 0 Å². The highest BCUT2D eigenvalue weighted by atomic mass is 16.5. The molecule has 5 heteroatoms. The maximum atomic E-state index is 11.8. The van der Waals surface area contributed by atoms with Gasteiger partial charge in [0.25, 0.3) is 0 Å². The number of amides is 1. The van der Waals surface area contributed by atoms with Gasteiger partial charge in [0.2, 0.25) is 5.91 Å². The molecule has 2 N–H and O–H groups in total. The fraction of sp³-hybridized carbons (Fsp3) is 0.846. The normalized spacial score (nSPS) is 32.7. The predicted octanol–water partition coefficient (Wildman–Crippen LogP) is 0.668. The number of nitrogens with zero attached hydrogens (tertiary/aromatic N) is 1. The largest absolute Gasteiger partial charge is 0.466 e. The van der Waals surface area contributed by atoms with Crippen molar-refractivity contribution >= 4 is 11.9 Å². The van der Waals surface area contributed by atoms with E-state index < -0.39 is 0 Å². The van der Waals surface area contributed by atoms with Gasteiger partial charge in [0.05, 0.1) is 12.5 Å². The minimum absolute atomic E-state index is 0.0136. The highest BCUT2D eigenvalue weighted by Gasteiger charge is 2.36. The van der Waals surface area contributed by atoms with Crippen molar-refractivity contribution in [1.82, 2.24) is 4.90 Å². The van der Waals surface area contributed by atoms with Crippen molar-refractivity contribution in [2.45, 2.75) is 51.1 Å². The van der Waals surface area contributed by atoms with Crippen molar-refractivity contribution in [1.29, 1.82) is 0 Å². The zero-order chi connectivity index (χ0) is 13.1. The van der Waals surface area contributed by atoms with Gasteiger partial charge in [-0.3, -0.25) is 9.59 Å². The van der Waals surface area contributed by atoms with Crippen LogP contribution in [0.25, 0.3) is 0 Å². The standard InChI is InChI=1S/C13H22N2O3/c1-2-18-13(17)9-3-5-11(6-4-9)15-8-10(14)7-12(15)16/h9-11H,2-8,14H2,1H3. The van der Waals surface area contributed by atoms with Crippen LogP contribution in [-0.4, -0.2) is 42.0 Å². The summed E-state index contributed by atoms with van der Waals surface area (Å²) >= 11 is 0. The van der Waals surface area contributed by atoms with Gasteiger partial charge in [-0.25, -0.2) is 0 Å². The van der Waals surface area contributed by atoms with Gasteiger partial charge in [0, 0.05) is 25.0 Å². The summed E-state index contributed by atoms with van der Waals surface area (Å²) in [5.74, 6) is 0.107. The molecule has 1 aliphatic carbocycles. The van der Waals surface area contributed by atoms with E-state index in [1.807, 2.05) is 11.8 Å². The molecule has 0 aromatic rings. The first kappa shape index (κ1) is 13.3. The molecule has 2 rings (SSSR count). The van der Waals surface area contributed by atoms with Crippen molar-refractivity contribution in [3.63, 3.8) is 0 Å². The lowest BCUT2D eigenvalue weighted by Crippen LogP contribution is -2.41. The molecule has 1 atom stereocenters. The summed E-state index contributed by atoms with van der Waals surface area (Å²) in [7, 11) is 0. The van der Waals surface area contributed by atoms with Crippen LogP contribution in [0.3, 0.4) is 0 Å². The lowest BCUT2D eigenvalue weighted by molar-refractivity contribution is -0.149. The van der Waals surface area contributed by atoms with E-state index in [0.29, 0.717) is 19.6 Å². The van der Waals surface area contributed by atoms with E-state index in [1.54, 1.807) is 0 Å². The number of ether oxygens (including phenoxy) is 1. The summed E-state index contributed by atoms with van der Waals surface area (Å²) in [6.07, 6.45) is 3.90. The third-order valence-electron chi connectivity index (χ3n) is 3.95. The van der Waals surface area contributed by atoms with Crippen molar-refractivity contribution in [2.24, 2.45) is 11.7 Å². The Morgan fingerprint density at radius 3 is 2.56 bits per heavy atom. The molecule has 5 nitrogen and oxygen atoms in total. The van der Waals surface area contributed by atoms with E-state index >= 15 is 0 Å². The number of rotatable bonds is 3. The number of hydrogen-bond donors (Lipinski definition) is 1. The molecule has 2 aliphatic rings. The molecule has 0 spiro atoms. The molecule has 2 fully saturated rings. The van der Waals surface area contributed by atoms with Crippen LogP contribution in [0.15, 0.2) is 0 Å². The van der Waals surface area contributed by atoms with Gasteiger partial charge >= 0.3 is 5.97 Å². The molecule has 0 aromatic heterocycles. The maximum Gasteiger partial charge on any atom is 0.308 e. The summed E-state index contributed by atoms with van der Waals surface area (Å²) < 4.78 is 5.04. The van der Waals surface area contributed by atoms with Crippen LogP contribution < -0.4 is 5.73 Å². The van der Waals surface area contributed by atoms with Crippen LogP contribution in [-0.2, 0) is 14.3 Å². The van der Waals surface area contributed by atoms with Crippen molar-refractivity contribution < 1.29 is 14.3 Å². The van der Waals surface area contributed by atoms with E-state index in [2.05, 4.69) is 0 Å². The van der Waals surface area contributed by atoms with Gasteiger partial charge in [-0.15, -0.1) is 0 Å². The highest BCUT2D eigenvalue weighted by Crippen LogP contribution is 2.30. The third-order valence-corrected chi connectivity index (χ3v) is 3.95. The number of likely N-dealkylation sites (tertiary alicyclic amines) is 1. The van der Waals surface area contributed by atoms with Gasteiger partial charge in [-0.2, -0.15) is 0 Å². The molecular weight excluding hydrogens is 232 g/mol. The van der Waals surface area contributed by atoms with Crippen molar-refractivity contribution in [2.75, 3.05) is 13.2 Å². The van der Waals surface area contributed by atoms with E-state index in [-0.39, 0.29) is 29.9 Å². The van der Waals surface area contributed by atoms with Gasteiger partial charge in [0.1, 0.15) is 0 Å². The minimum Gasteiger partial charge on any atom is -0.466 e. The maximum absolute atomic E-state index is 11.8. The Hall–Kier alpha value is -1.10. The van der Waals surface area contributed by atoms with E-state index in [1.165, 1.54) is 0 Å². The molecule has 18 heavy (non-hydrogen) atoms. The lowest BCUT2D eigenvalue weighted by atomic mass is 9.85. The molecule has 1 unspecified atom stereocenters. The van der Waals surface area contributed by atoms with Crippen LogP contribution in [0.4, 0.5) is 0 Å². The first-order valence-electron chi connectivity index (χ1n) is 6.83. The number of hydrogen-bond acceptors (Lipinski definition) is 4. The molecule has 0 bridgehead atoms. The summed E-state index contributed by atoms with van der Waals surface area (Å²) in [6.45, 7) is 2.94. The second-order valence-electron chi connectivity index (χ2n) is 5.27. The van der Waals surface area contributed by atoms with Crippen LogP contribution >= 0.6 is 0 Å². The number of nitrogens with two attached hydrogens (primary N) is 1. The zero-order valence-corrected chi connectivity index (χ0v) is 10.9. The number of esters is 1. The summed E-state index contributed by atoms with van der Waals surface area (Å²) in [4.78, 5) is 25.3. The Labute approximate surface area is 108 Å². The Balaban J connectivity index is 1.83. The monoisotopic (exact) mass is 254 g/mol. The summed E-state index contributed by atoms with van der Waals surface area (Å²) in [6, 6.07) is 0.261. The molecule has 0 aromatic carbocycles. The Kier molecular flexibility index (Phi) is 4.22. The van der Waals surface area contributed by atoms with E-state index in [0.717, 1.165) is 25.7 Å². The number of carbonyl (C=O) groups is 2. The third kappa shape index (κ3) is 2.83. The average Bonchev–Trinajstić information content (AvgIpc) is 2.69. The highest BCUT2D eigenvalue weighted by molar-refractivity contribution is 5.79. The summed E-state index contributed by atoms with van der Waals surface area (Å²) in [5, 5.41) is 0. The molecular formula is C13H22N2O3. The lowest BCUT2D eigenvalue weighted by Gasteiger charge is -2.33. The molecule has 1 amide bonds. The molecule has 1 saturated heterocycles. The second-order valence-corrected chi connectivity index (χ2v) is 5.27. The number of carbonyl (C=O) groups excluding carboxylic acids is 2. The van der Waals surface area contributed by atoms with Crippen molar-refractivity contribution in [3.8, 4) is 0 Å². The average molecular weight is 254 g/mol. The van der Waals surface area contributed by atoms with Crippen LogP contribution in [0, 0.1) is 5.92 Å². The van der Waals surface area contributed by atoms with Gasteiger partial charge in [-0.1, -0.05) is 0 Å². The Morgan fingerprint density at radius 2 is 2.06 bits per heavy atom. The molecule has 1 saturated carbocycles. The minimum atomic E-state index is -0.0830. The molecule has 102 valence electrons. The first-order chi connectivity index (χ1) is 8.61. The van der Waals surface area contributed by atoms with E-state index in [9.17, 15) is 9.59 Å². The van der Waals surface area contributed by atoms with Crippen LogP contribution in [0.1, 0.15) is 39.0 Å². The topological polar surface area (TPSA) is 72.6 Å². The molecule has 1 heterocycles. The van der Waals surface area contributed by atoms with Crippen molar-refractivity contribution in [3.05, 3.63) is 0 Å². The van der Waals surface area contributed by atoms with Gasteiger partial charge < -0.3 is 15.4 Å². The fourth-order valence-corrected chi connectivity index (χ4v) is 3.00. The second kappa shape index (κ2) is 5.69. The fourth-order valence-electron chi connectivity index (χ4n) is 3.00. The van der Waals surface area contributed by atoms with Crippen LogP contribution in [0.2, 0.25) is 0 Å². The summed E-state index contributed by atoms with van der Waals surface area (Å²) in [5.41, 5.74) is 5.80. The SMILES string of the molecule is CCOC(=O)C1CCC(N2CC(N)CC2=O)CC1.